The summed E-state index contributed by atoms with van der Waals surface area (Å²) in [5.74, 6) is -1.96. The maximum absolute atomic E-state index is 11.5. The molecule has 0 aromatic carbocycles. The first kappa shape index (κ1) is 17.5. The van der Waals surface area contributed by atoms with Gasteiger partial charge in [-0.2, -0.15) is 0 Å². The monoisotopic (exact) mass is 295 g/mol. The zero-order valence-electron chi connectivity index (χ0n) is 11.3. The highest BCUT2D eigenvalue weighted by molar-refractivity contribution is 6.17. The Bertz CT molecular complexity index is 321. The molecule has 0 spiro atoms. The Balaban J connectivity index is 4.71. The van der Waals surface area contributed by atoms with Gasteiger partial charge < -0.3 is 14.2 Å². The van der Waals surface area contributed by atoms with Crippen LogP contribution in [0.2, 0.25) is 0 Å². The summed E-state index contributed by atoms with van der Waals surface area (Å²) in [6.07, 6.45) is -0.933. The Morgan fingerprint density at radius 3 is 2.11 bits per heavy atom. The number of esters is 2. The van der Waals surface area contributed by atoms with E-state index in [9.17, 15) is 14.4 Å². The number of rotatable bonds is 5. The lowest BCUT2D eigenvalue weighted by Crippen LogP contribution is -2.49. The molecule has 1 atom stereocenters. The van der Waals surface area contributed by atoms with Crippen molar-refractivity contribution < 1.29 is 28.6 Å². The third-order valence-electron chi connectivity index (χ3n) is 1.62. The van der Waals surface area contributed by atoms with Crippen molar-refractivity contribution in [3.05, 3.63) is 0 Å². The smallest absolute Gasteiger partial charge is 0.408 e. The van der Waals surface area contributed by atoms with Crippen molar-refractivity contribution in [1.29, 1.82) is 0 Å². The molecule has 0 fully saturated rings. The molecule has 8 heteroatoms. The standard InChI is InChI=1S/C11H18ClNO6/c1-5-17-8(14)7(9(15)18-6-12)13-10(16)19-11(2,3)4/h7H,5-6H2,1-4H3,(H,13,16). The molecule has 19 heavy (non-hydrogen) atoms. The largest absolute Gasteiger partial charge is 0.464 e. The summed E-state index contributed by atoms with van der Waals surface area (Å²) in [7, 11) is 0. The highest BCUT2D eigenvalue weighted by atomic mass is 35.5. The predicted molar refractivity (Wildman–Crippen MR) is 66.6 cm³/mol. The molecule has 0 aliphatic carbocycles. The summed E-state index contributed by atoms with van der Waals surface area (Å²) < 4.78 is 14.0. The Morgan fingerprint density at radius 1 is 1.16 bits per heavy atom. The van der Waals surface area contributed by atoms with Crippen LogP contribution >= 0.6 is 11.6 Å². The second-order valence-electron chi connectivity index (χ2n) is 4.40. The second-order valence-corrected chi connectivity index (χ2v) is 4.62. The molecule has 1 amide bonds. The van der Waals surface area contributed by atoms with Gasteiger partial charge in [0.25, 0.3) is 0 Å². The van der Waals surface area contributed by atoms with Crippen molar-refractivity contribution in [2.75, 3.05) is 12.7 Å². The molecule has 0 heterocycles. The summed E-state index contributed by atoms with van der Waals surface area (Å²) >= 11 is 5.23. The molecule has 0 aliphatic rings. The number of amides is 1. The molecule has 0 radical (unpaired) electrons. The van der Waals surface area contributed by atoms with Crippen LogP contribution in [0.15, 0.2) is 0 Å². The van der Waals surface area contributed by atoms with Crippen molar-refractivity contribution >= 4 is 29.6 Å². The van der Waals surface area contributed by atoms with Crippen LogP contribution in [-0.4, -0.2) is 42.3 Å². The van der Waals surface area contributed by atoms with Crippen LogP contribution in [0.1, 0.15) is 27.7 Å². The van der Waals surface area contributed by atoms with Gasteiger partial charge in [-0.15, -0.1) is 0 Å². The van der Waals surface area contributed by atoms with Crippen LogP contribution in [0.3, 0.4) is 0 Å². The van der Waals surface area contributed by atoms with E-state index >= 15 is 0 Å². The molecule has 1 unspecified atom stereocenters. The fourth-order valence-corrected chi connectivity index (χ4v) is 1.11. The number of carbonyl (C=O) groups is 3. The van der Waals surface area contributed by atoms with Crippen molar-refractivity contribution in [2.45, 2.75) is 39.3 Å². The zero-order chi connectivity index (χ0) is 15.1. The van der Waals surface area contributed by atoms with Crippen molar-refractivity contribution in [3.8, 4) is 0 Å². The number of hydrogen-bond donors (Lipinski definition) is 1. The maximum atomic E-state index is 11.5. The summed E-state index contributed by atoms with van der Waals surface area (Å²) in [4.78, 5) is 34.5. The van der Waals surface area contributed by atoms with Gasteiger partial charge >= 0.3 is 18.0 Å². The number of carbonyl (C=O) groups excluding carboxylic acids is 3. The first-order chi connectivity index (χ1) is 8.71. The highest BCUT2D eigenvalue weighted by Crippen LogP contribution is 2.07. The molecule has 0 rings (SSSR count). The molecule has 0 aromatic heterocycles. The predicted octanol–water partition coefficient (Wildman–Crippen LogP) is 1.18. The van der Waals surface area contributed by atoms with E-state index in [1.165, 1.54) is 0 Å². The number of ether oxygens (including phenoxy) is 3. The Hall–Kier alpha value is -1.50. The lowest BCUT2D eigenvalue weighted by molar-refractivity contribution is -0.157. The number of alkyl halides is 1. The fraction of sp³-hybridized carbons (Fsp3) is 0.727. The minimum atomic E-state index is -1.60. The SMILES string of the molecule is CCOC(=O)C(NC(=O)OC(C)(C)C)C(=O)OCCl. The van der Waals surface area contributed by atoms with Crippen LogP contribution in [0.5, 0.6) is 0 Å². The average Bonchev–Trinajstić information content (AvgIpc) is 2.24. The molecule has 0 saturated heterocycles. The first-order valence-electron chi connectivity index (χ1n) is 5.60. The molecule has 1 N–H and O–H groups in total. The van der Waals surface area contributed by atoms with E-state index in [4.69, 9.17) is 16.3 Å². The van der Waals surface area contributed by atoms with Crippen LogP contribution in [0.25, 0.3) is 0 Å². The van der Waals surface area contributed by atoms with Crippen LogP contribution in [0, 0.1) is 0 Å². The summed E-state index contributed by atoms with van der Waals surface area (Å²) in [5, 5.41) is 2.07. The zero-order valence-corrected chi connectivity index (χ0v) is 12.1. The second kappa shape index (κ2) is 7.83. The number of halogens is 1. The number of nitrogens with one attached hydrogen (secondary N) is 1. The molecule has 0 saturated carbocycles. The Kier molecular flexibility index (Phi) is 7.21. The van der Waals surface area contributed by atoms with Crippen LogP contribution in [0.4, 0.5) is 4.79 Å². The van der Waals surface area contributed by atoms with E-state index in [2.05, 4.69) is 14.8 Å². The Morgan fingerprint density at radius 2 is 1.68 bits per heavy atom. The van der Waals surface area contributed by atoms with Crippen molar-refractivity contribution in [2.24, 2.45) is 0 Å². The molecule has 7 nitrogen and oxygen atoms in total. The normalized spacial score (nSPS) is 12.3. The topological polar surface area (TPSA) is 90.9 Å². The van der Waals surface area contributed by atoms with Crippen molar-refractivity contribution in [3.63, 3.8) is 0 Å². The lowest BCUT2D eigenvalue weighted by atomic mass is 10.2. The first-order valence-corrected chi connectivity index (χ1v) is 6.13. The third kappa shape index (κ3) is 7.50. The Labute approximate surface area is 116 Å². The molecular weight excluding hydrogens is 278 g/mol. The van der Waals surface area contributed by atoms with Gasteiger partial charge in [-0.1, -0.05) is 11.6 Å². The maximum Gasteiger partial charge on any atom is 0.408 e. The van der Waals surface area contributed by atoms with E-state index in [0.29, 0.717) is 0 Å². The quantitative estimate of drug-likeness (QED) is 0.354. The van der Waals surface area contributed by atoms with E-state index < -0.39 is 35.7 Å². The van der Waals surface area contributed by atoms with Gasteiger partial charge in [-0.05, 0) is 27.7 Å². The number of alkyl carbamates (subject to hydrolysis) is 1. The summed E-state index contributed by atoms with van der Waals surface area (Å²) in [6.45, 7) is 6.55. The fourth-order valence-electron chi connectivity index (χ4n) is 1.00. The van der Waals surface area contributed by atoms with E-state index in [1.807, 2.05) is 0 Å². The summed E-state index contributed by atoms with van der Waals surface area (Å²) in [5.41, 5.74) is -0.764. The number of hydrogen-bond acceptors (Lipinski definition) is 6. The van der Waals surface area contributed by atoms with Gasteiger partial charge in [0.15, 0.2) is 6.07 Å². The third-order valence-corrected chi connectivity index (χ3v) is 1.72. The van der Waals surface area contributed by atoms with Crippen LogP contribution < -0.4 is 5.32 Å². The van der Waals surface area contributed by atoms with Gasteiger partial charge in [0.2, 0.25) is 6.04 Å². The minimum Gasteiger partial charge on any atom is -0.464 e. The molecule has 0 aliphatic heterocycles. The van der Waals surface area contributed by atoms with Gasteiger partial charge in [-0.3, -0.25) is 5.32 Å². The van der Waals surface area contributed by atoms with Crippen molar-refractivity contribution in [1.82, 2.24) is 5.32 Å². The minimum absolute atomic E-state index is 0.0550. The van der Waals surface area contributed by atoms with E-state index in [-0.39, 0.29) is 6.61 Å². The van der Waals surface area contributed by atoms with Gasteiger partial charge in [0.1, 0.15) is 5.60 Å². The van der Waals surface area contributed by atoms with Gasteiger partial charge in [0.05, 0.1) is 6.61 Å². The highest BCUT2D eigenvalue weighted by Gasteiger charge is 2.33. The molecule has 0 bridgehead atoms. The average molecular weight is 296 g/mol. The van der Waals surface area contributed by atoms with Crippen LogP contribution in [-0.2, 0) is 23.8 Å². The molecule has 0 aromatic rings. The van der Waals surface area contributed by atoms with E-state index in [1.54, 1.807) is 27.7 Å². The van der Waals surface area contributed by atoms with E-state index in [0.717, 1.165) is 0 Å². The van der Waals surface area contributed by atoms with Gasteiger partial charge in [-0.25, -0.2) is 14.4 Å². The summed E-state index contributed by atoms with van der Waals surface area (Å²) in [6, 6.07) is -2.04. The van der Waals surface area contributed by atoms with Gasteiger partial charge in [0, 0.05) is 0 Å². The molecule has 110 valence electrons. The lowest BCUT2D eigenvalue weighted by Gasteiger charge is -2.21. The molecular formula is C11H18ClNO6.